The first-order chi connectivity index (χ1) is 7.17. The van der Waals surface area contributed by atoms with Crippen LogP contribution < -0.4 is 4.74 Å². The van der Waals surface area contributed by atoms with Crippen LogP contribution >= 0.6 is 0 Å². The van der Waals surface area contributed by atoms with E-state index < -0.39 is 12.1 Å². The molecule has 0 saturated heterocycles. The van der Waals surface area contributed by atoms with Gasteiger partial charge in [0.15, 0.2) is 6.10 Å². The van der Waals surface area contributed by atoms with E-state index in [2.05, 4.69) is 0 Å². The van der Waals surface area contributed by atoms with Crippen molar-refractivity contribution in [1.82, 2.24) is 0 Å². The van der Waals surface area contributed by atoms with E-state index in [1.165, 1.54) is 7.11 Å². The Morgan fingerprint density at radius 2 is 1.93 bits per heavy atom. The zero-order valence-corrected chi connectivity index (χ0v) is 8.77. The van der Waals surface area contributed by atoms with Crippen LogP contribution in [0.2, 0.25) is 0 Å². The van der Waals surface area contributed by atoms with Gasteiger partial charge in [-0.25, -0.2) is 4.79 Å². The number of carboxylic acids is 1. The summed E-state index contributed by atoms with van der Waals surface area (Å²) in [6.45, 7) is 0. The normalized spacial score (nSPS) is 12.1. The molecule has 0 fully saturated rings. The first-order valence-electron chi connectivity index (χ1n) is 4.56. The summed E-state index contributed by atoms with van der Waals surface area (Å²) in [7, 11) is 2.98. The summed E-state index contributed by atoms with van der Waals surface area (Å²) in [5.74, 6) is -0.198. The minimum atomic E-state index is -0.951. The van der Waals surface area contributed by atoms with E-state index in [1.807, 2.05) is 12.1 Å². The largest absolute Gasteiger partial charge is 0.497 e. The molecular weight excluding hydrogens is 196 g/mol. The molecule has 0 aliphatic heterocycles. The lowest BCUT2D eigenvalue weighted by molar-refractivity contribution is -0.148. The van der Waals surface area contributed by atoms with E-state index >= 15 is 0 Å². The average molecular weight is 210 g/mol. The van der Waals surface area contributed by atoms with E-state index in [9.17, 15) is 4.79 Å². The van der Waals surface area contributed by atoms with E-state index in [0.717, 1.165) is 11.3 Å². The van der Waals surface area contributed by atoms with E-state index in [-0.39, 0.29) is 0 Å². The van der Waals surface area contributed by atoms with Crippen molar-refractivity contribution in [2.45, 2.75) is 12.5 Å². The van der Waals surface area contributed by atoms with Crippen LogP contribution in [0.15, 0.2) is 24.3 Å². The van der Waals surface area contributed by atoms with Crippen molar-refractivity contribution in [1.29, 1.82) is 0 Å². The predicted octanol–water partition coefficient (Wildman–Crippen LogP) is 1.34. The zero-order chi connectivity index (χ0) is 11.3. The van der Waals surface area contributed by atoms with Gasteiger partial charge >= 0.3 is 5.97 Å². The molecule has 4 heteroatoms. The second kappa shape index (κ2) is 5.36. The molecule has 0 saturated carbocycles. The average Bonchev–Trinajstić information content (AvgIpc) is 2.26. The highest BCUT2D eigenvalue weighted by molar-refractivity contribution is 5.72. The van der Waals surface area contributed by atoms with Crippen LogP contribution in [0, 0.1) is 0 Å². The molecule has 1 aromatic rings. The van der Waals surface area contributed by atoms with Gasteiger partial charge in [0.1, 0.15) is 5.75 Å². The van der Waals surface area contributed by atoms with Gasteiger partial charge in [0.2, 0.25) is 0 Å². The topological polar surface area (TPSA) is 55.8 Å². The maximum Gasteiger partial charge on any atom is 0.333 e. The van der Waals surface area contributed by atoms with Gasteiger partial charge in [-0.05, 0) is 17.7 Å². The van der Waals surface area contributed by atoms with Crippen molar-refractivity contribution in [3.8, 4) is 5.75 Å². The molecule has 1 N–H and O–H groups in total. The van der Waals surface area contributed by atoms with Gasteiger partial charge in [0.05, 0.1) is 7.11 Å². The fraction of sp³-hybridized carbons (Fsp3) is 0.364. The van der Waals surface area contributed by atoms with Crippen molar-refractivity contribution < 1.29 is 19.4 Å². The molecule has 0 heterocycles. The highest BCUT2D eigenvalue weighted by Gasteiger charge is 2.16. The number of carbonyl (C=O) groups is 1. The summed E-state index contributed by atoms with van der Waals surface area (Å²) in [4.78, 5) is 10.7. The van der Waals surface area contributed by atoms with Gasteiger partial charge in [-0.1, -0.05) is 12.1 Å². The fourth-order valence-corrected chi connectivity index (χ4v) is 1.25. The molecule has 1 aromatic carbocycles. The third-order valence-electron chi connectivity index (χ3n) is 2.14. The molecule has 0 aliphatic carbocycles. The van der Waals surface area contributed by atoms with Gasteiger partial charge in [-0.3, -0.25) is 0 Å². The van der Waals surface area contributed by atoms with Crippen molar-refractivity contribution in [2.75, 3.05) is 14.2 Å². The predicted molar refractivity (Wildman–Crippen MR) is 55.1 cm³/mol. The molecule has 82 valence electrons. The van der Waals surface area contributed by atoms with Gasteiger partial charge in [0, 0.05) is 13.5 Å². The number of benzene rings is 1. The Morgan fingerprint density at radius 1 is 1.33 bits per heavy atom. The Labute approximate surface area is 88.4 Å². The monoisotopic (exact) mass is 210 g/mol. The molecule has 1 unspecified atom stereocenters. The van der Waals surface area contributed by atoms with Crippen LogP contribution in [0.5, 0.6) is 5.75 Å². The lowest BCUT2D eigenvalue weighted by Gasteiger charge is -2.10. The van der Waals surface area contributed by atoms with Crippen LogP contribution in [0.4, 0.5) is 0 Å². The van der Waals surface area contributed by atoms with Crippen LogP contribution in [-0.2, 0) is 16.0 Å². The molecule has 1 atom stereocenters. The summed E-state index contributed by atoms with van der Waals surface area (Å²) in [6, 6.07) is 7.25. The number of hydrogen-bond acceptors (Lipinski definition) is 3. The van der Waals surface area contributed by atoms with E-state index in [1.54, 1.807) is 19.2 Å². The molecule has 0 radical (unpaired) electrons. The maximum atomic E-state index is 10.7. The van der Waals surface area contributed by atoms with Crippen molar-refractivity contribution >= 4 is 5.97 Å². The lowest BCUT2D eigenvalue weighted by atomic mass is 10.1. The van der Waals surface area contributed by atoms with Crippen molar-refractivity contribution in [2.24, 2.45) is 0 Å². The van der Waals surface area contributed by atoms with E-state index in [0.29, 0.717) is 6.42 Å². The molecule has 0 aromatic heterocycles. The third-order valence-corrected chi connectivity index (χ3v) is 2.14. The zero-order valence-electron chi connectivity index (χ0n) is 8.77. The van der Waals surface area contributed by atoms with Crippen LogP contribution in [0.3, 0.4) is 0 Å². The summed E-state index contributed by atoms with van der Waals surface area (Å²) in [5, 5.41) is 8.79. The Kier molecular flexibility index (Phi) is 4.12. The van der Waals surface area contributed by atoms with Gasteiger partial charge < -0.3 is 14.6 Å². The number of ether oxygens (including phenoxy) is 2. The number of methoxy groups -OCH3 is 2. The van der Waals surface area contributed by atoms with Crippen molar-refractivity contribution in [3.05, 3.63) is 29.8 Å². The Bertz CT molecular complexity index is 318. The molecule has 4 nitrogen and oxygen atoms in total. The van der Waals surface area contributed by atoms with Crippen molar-refractivity contribution in [3.63, 3.8) is 0 Å². The highest BCUT2D eigenvalue weighted by atomic mass is 16.5. The van der Waals surface area contributed by atoms with Gasteiger partial charge in [0.25, 0.3) is 0 Å². The number of hydrogen-bond donors (Lipinski definition) is 1. The first kappa shape index (κ1) is 11.5. The fourth-order valence-electron chi connectivity index (χ4n) is 1.25. The second-order valence-corrected chi connectivity index (χ2v) is 3.11. The van der Waals surface area contributed by atoms with E-state index in [4.69, 9.17) is 14.6 Å². The third kappa shape index (κ3) is 3.25. The Balaban J connectivity index is 2.67. The number of carboxylic acid groups (broad SMARTS) is 1. The number of rotatable bonds is 5. The summed E-state index contributed by atoms with van der Waals surface area (Å²) < 4.78 is 9.84. The first-order valence-corrected chi connectivity index (χ1v) is 4.56. The molecule has 15 heavy (non-hydrogen) atoms. The quantitative estimate of drug-likeness (QED) is 0.796. The van der Waals surface area contributed by atoms with Gasteiger partial charge in [-0.2, -0.15) is 0 Å². The second-order valence-electron chi connectivity index (χ2n) is 3.11. The van der Waals surface area contributed by atoms with Crippen LogP contribution in [-0.4, -0.2) is 31.4 Å². The summed E-state index contributed by atoms with van der Waals surface area (Å²) in [5.41, 5.74) is 0.907. The Morgan fingerprint density at radius 3 is 2.33 bits per heavy atom. The Hall–Kier alpha value is -1.55. The molecule has 0 amide bonds. The molecule has 0 aliphatic rings. The highest BCUT2D eigenvalue weighted by Crippen LogP contribution is 2.13. The summed E-state index contributed by atoms with van der Waals surface area (Å²) >= 11 is 0. The minimum Gasteiger partial charge on any atom is -0.497 e. The van der Waals surface area contributed by atoms with Crippen LogP contribution in [0.25, 0.3) is 0 Å². The SMILES string of the molecule is COc1ccc(CC(OC)C(=O)O)cc1. The molecule has 0 spiro atoms. The van der Waals surface area contributed by atoms with Gasteiger partial charge in [-0.15, -0.1) is 0 Å². The molecule has 1 rings (SSSR count). The lowest BCUT2D eigenvalue weighted by Crippen LogP contribution is -2.24. The van der Waals surface area contributed by atoms with Crippen LogP contribution in [0.1, 0.15) is 5.56 Å². The molecule has 0 bridgehead atoms. The smallest absolute Gasteiger partial charge is 0.333 e. The summed E-state index contributed by atoms with van der Waals surface area (Å²) in [6.07, 6.45) is -0.436. The standard InChI is InChI=1S/C11H14O4/c1-14-9-5-3-8(4-6-9)7-10(15-2)11(12)13/h3-6,10H,7H2,1-2H3,(H,12,13). The number of aliphatic carboxylic acids is 1. The minimum absolute atomic E-state index is 0.357. The maximum absolute atomic E-state index is 10.7. The molecular formula is C11H14O4.